The average Bonchev–Trinajstić information content (AvgIpc) is 3.52. The molecule has 7 heteroatoms. The second-order valence-electron chi connectivity index (χ2n) is 13.0. The molecule has 0 bridgehead atoms. The molecule has 0 aromatic heterocycles. The van der Waals surface area contributed by atoms with E-state index >= 15 is 0 Å². The molecule has 4 atom stereocenters. The first-order valence-electron chi connectivity index (χ1n) is 14.5. The quantitative estimate of drug-likeness (QED) is 0.414. The number of ether oxygens (including phenoxy) is 1. The van der Waals surface area contributed by atoms with Gasteiger partial charge in [0.25, 0.3) is 0 Å². The number of rotatable bonds is 9. The summed E-state index contributed by atoms with van der Waals surface area (Å²) in [6, 6.07) is 4.60. The molecule has 0 spiro atoms. The van der Waals surface area contributed by atoms with E-state index in [1.807, 2.05) is 39.8 Å². The fourth-order valence-electron chi connectivity index (χ4n) is 5.57. The Balaban J connectivity index is 2.00. The number of carbonyl (C=O) groups excluding carboxylic acids is 3. The van der Waals surface area contributed by atoms with Gasteiger partial charge in [-0.05, 0) is 83.3 Å². The molecule has 2 aliphatic rings. The number of amides is 3. The maximum absolute atomic E-state index is 14.4. The van der Waals surface area contributed by atoms with Gasteiger partial charge in [-0.15, -0.1) is 0 Å². The summed E-state index contributed by atoms with van der Waals surface area (Å²) < 4.78 is 5.50. The third-order valence-corrected chi connectivity index (χ3v) is 7.57. The van der Waals surface area contributed by atoms with Crippen molar-refractivity contribution in [2.75, 3.05) is 0 Å². The van der Waals surface area contributed by atoms with Gasteiger partial charge in [0.15, 0.2) is 0 Å². The zero-order chi connectivity index (χ0) is 28.2. The first-order chi connectivity index (χ1) is 17.8. The van der Waals surface area contributed by atoms with Crippen LogP contribution in [0.25, 0.3) is 0 Å². The number of benzene rings is 1. The molecule has 2 aliphatic carbocycles. The van der Waals surface area contributed by atoms with Crippen LogP contribution in [0.1, 0.15) is 109 Å². The number of carbonyl (C=O) groups is 3. The molecule has 2 saturated carbocycles. The lowest BCUT2D eigenvalue weighted by Gasteiger charge is -2.37. The standard InChI is InChI=1S/C31H49N3O4/c1-19(2)16-25(33-30(37)38-31(6,7)8)29(36)34(26-18-22(26)5)27(24-15-14-20(3)17-21(24)4)28(35)32-23-12-10-9-11-13-23/h14-15,17,19,22-23,25-27H,9-13,16,18H2,1-8H3,(H,32,35)(H,33,37). The summed E-state index contributed by atoms with van der Waals surface area (Å²) in [5.41, 5.74) is 2.26. The van der Waals surface area contributed by atoms with Crippen LogP contribution in [-0.4, -0.2) is 46.5 Å². The van der Waals surface area contributed by atoms with Gasteiger partial charge in [-0.3, -0.25) is 9.59 Å². The Morgan fingerprint density at radius 1 is 1.08 bits per heavy atom. The van der Waals surface area contributed by atoms with Crippen LogP contribution in [0, 0.1) is 25.7 Å². The van der Waals surface area contributed by atoms with Crippen molar-refractivity contribution >= 4 is 17.9 Å². The molecule has 38 heavy (non-hydrogen) atoms. The predicted octanol–water partition coefficient (Wildman–Crippen LogP) is 5.97. The third-order valence-electron chi connectivity index (χ3n) is 7.57. The van der Waals surface area contributed by atoms with Crippen molar-refractivity contribution in [2.45, 2.75) is 130 Å². The maximum Gasteiger partial charge on any atom is 0.408 e. The molecular weight excluding hydrogens is 478 g/mol. The lowest BCUT2D eigenvalue weighted by Crippen LogP contribution is -2.55. The van der Waals surface area contributed by atoms with Gasteiger partial charge in [-0.1, -0.05) is 63.8 Å². The third kappa shape index (κ3) is 8.21. The van der Waals surface area contributed by atoms with Crippen LogP contribution in [0.2, 0.25) is 0 Å². The fraction of sp³-hybridized carbons (Fsp3) is 0.710. The lowest BCUT2D eigenvalue weighted by atomic mass is 9.92. The second kappa shape index (κ2) is 12.5. The van der Waals surface area contributed by atoms with Crippen LogP contribution in [0.4, 0.5) is 4.79 Å². The Morgan fingerprint density at radius 3 is 2.24 bits per heavy atom. The number of aryl methyl sites for hydroxylation is 2. The van der Waals surface area contributed by atoms with Crippen molar-refractivity contribution in [1.29, 1.82) is 0 Å². The summed E-state index contributed by atoms with van der Waals surface area (Å²) in [6.45, 7) is 15.6. The molecular formula is C31H49N3O4. The van der Waals surface area contributed by atoms with E-state index in [1.165, 1.54) is 6.42 Å². The molecule has 0 heterocycles. The molecule has 0 saturated heterocycles. The van der Waals surface area contributed by atoms with Gasteiger partial charge in [0, 0.05) is 12.1 Å². The molecule has 0 aliphatic heterocycles. The van der Waals surface area contributed by atoms with E-state index in [1.54, 1.807) is 25.7 Å². The summed E-state index contributed by atoms with van der Waals surface area (Å²) in [7, 11) is 0. The highest BCUT2D eigenvalue weighted by Gasteiger charge is 2.48. The Bertz CT molecular complexity index is 993. The number of nitrogens with zero attached hydrogens (tertiary/aromatic N) is 1. The molecule has 3 amide bonds. The van der Waals surface area contributed by atoms with Gasteiger partial charge in [0.1, 0.15) is 17.7 Å². The minimum Gasteiger partial charge on any atom is -0.444 e. The Morgan fingerprint density at radius 2 is 1.71 bits per heavy atom. The van der Waals surface area contributed by atoms with Gasteiger partial charge in [0.2, 0.25) is 11.8 Å². The number of nitrogens with one attached hydrogen (secondary N) is 2. The Hall–Kier alpha value is -2.57. The minimum absolute atomic E-state index is 0.0552. The molecule has 1 aromatic rings. The van der Waals surface area contributed by atoms with E-state index in [4.69, 9.17) is 4.74 Å². The topological polar surface area (TPSA) is 87.7 Å². The lowest BCUT2D eigenvalue weighted by molar-refractivity contribution is -0.144. The van der Waals surface area contributed by atoms with Gasteiger partial charge >= 0.3 is 6.09 Å². The van der Waals surface area contributed by atoms with E-state index in [-0.39, 0.29) is 35.7 Å². The van der Waals surface area contributed by atoms with Crippen molar-refractivity contribution in [2.24, 2.45) is 11.8 Å². The molecule has 3 rings (SSSR count). The molecule has 7 nitrogen and oxygen atoms in total. The highest BCUT2D eigenvalue weighted by atomic mass is 16.6. The van der Waals surface area contributed by atoms with Crippen molar-refractivity contribution in [1.82, 2.24) is 15.5 Å². The number of hydrogen-bond donors (Lipinski definition) is 2. The summed E-state index contributed by atoms with van der Waals surface area (Å²) in [4.78, 5) is 43.0. The van der Waals surface area contributed by atoms with Crippen LogP contribution in [-0.2, 0) is 14.3 Å². The SMILES string of the molecule is Cc1ccc(C(C(=O)NC2CCCCC2)N(C(=O)C(CC(C)C)NC(=O)OC(C)(C)C)C2CC2C)c(C)c1. The summed E-state index contributed by atoms with van der Waals surface area (Å²) in [5, 5.41) is 6.15. The molecule has 2 N–H and O–H groups in total. The van der Waals surface area contributed by atoms with Crippen LogP contribution in [0.15, 0.2) is 18.2 Å². The van der Waals surface area contributed by atoms with Crippen LogP contribution < -0.4 is 10.6 Å². The fourth-order valence-corrected chi connectivity index (χ4v) is 5.57. The van der Waals surface area contributed by atoms with Crippen LogP contribution in [0.3, 0.4) is 0 Å². The van der Waals surface area contributed by atoms with E-state index in [9.17, 15) is 14.4 Å². The molecule has 0 radical (unpaired) electrons. The zero-order valence-electron chi connectivity index (χ0n) is 24.7. The smallest absolute Gasteiger partial charge is 0.408 e. The Kier molecular flexibility index (Phi) is 9.88. The molecule has 4 unspecified atom stereocenters. The maximum atomic E-state index is 14.4. The second-order valence-corrected chi connectivity index (χ2v) is 13.0. The van der Waals surface area contributed by atoms with E-state index in [0.29, 0.717) is 6.42 Å². The first kappa shape index (κ1) is 30.0. The summed E-state index contributed by atoms with van der Waals surface area (Å²) in [5.74, 6) is 0.100. The normalized spacial score (nSPS) is 21.4. The molecule has 2 fully saturated rings. The van der Waals surface area contributed by atoms with Crippen molar-refractivity contribution < 1.29 is 19.1 Å². The van der Waals surface area contributed by atoms with Gasteiger partial charge < -0.3 is 20.3 Å². The zero-order valence-corrected chi connectivity index (χ0v) is 24.7. The van der Waals surface area contributed by atoms with Crippen LogP contribution >= 0.6 is 0 Å². The van der Waals surface area contributed by atoms with Gasteiger partial charge in [0.05, 0.1) is 0 Å². The van der Waals surface area contributed by atoms with Crippen LogP contribution in [0.5, 0.6) is 0 Å². The van der Waals surface area contributed by atoms with Crippen molar-refractivity contribution in [3.05, 3.63) is 34.9 Å². The highest BCUT2D eigenvalue weighted by molar-refractivity contribution is 5.93. The van der Waals surface area contributed by atoms with Crippen molar-refractivity contribution in [3.63, 3.8) is 0 Å². The largest absolute Gasteiger partial charge is 0.444 e. The Labute approximate surface area is 229 Å². The minimum atomic E-state index is -0.784. The first-order valence-corrected chi connectivity index (χ1v) is 14.5. The molecule has 1 aromatic carbocycles. The monoisotopic (exact) mass is 527 g/mol. The van der Waals surface area contributed by atoms with E-state index in [2.05, 4.69) is 23.6 Å². The van der Waals surface area contributed by atoms with Gasteiger partial charge in [-0.25, -0.2) is 4.79 Å². The van der Waals surface area contributed by atoms with E-state index in [0.717, 1.165) is 48.8 Å². The predicted molar refractivity (Wildman–Crippen MR) is 151 cm³/mol. The van der Waals surface area contributed by atoms with E-state index < -0.39 is 23.8 Å². The van der Waals surface area contributed by atoms with Gasteiger partial charge in [-0.2, -0.15) is 0 Å². The number of hydrogen-bond acceptors (Lipinski definition) is 4. The number of alkyl carbamates (subject to hydrolysis) is 1. The summed E-state index contributed by atoms with van der Waals surface area (Å²) in [6.07, 6.45) is 6.03. The highest BCUT2D eigenvalue weighted by Crippen LogP contribution is 2.42. The van der Waals surface area contributed by atoms with Crippen molar-refractivity contribution in [3.8, 4) is 0 Å². The average molecular weight is 528 g/mol. The molecule has 212 valence electrons. The summed E-state index contributed by atoms with van der Waals surface area (Å²) >= 11 is 0.